The fourth-order valence-corrected chi connectivity index (χ4v) is 3.00. The molecule has 1 aromatic rings. The van der Waals surface area contributed by atoms with Gasteiger partial charge in [0.2, 0.25) is 5.91 Å². The maximum atomic E-state index is 12.1. The van der Waals surface area contributed by atoms with Gasteiger partial charge in [0.05, 0.1) is 7.11 Å². The zero-order chi connectivity index (χ0) is 16.9. The number of carbonyl (C=O) groups excluding carboxylic acids is 1. The summed E-state index contributed by atoms with van der Waals surface area (Å²) >= 11 is 0. The van der Waals surface area contributed by atoms with Crippen LogP contribution in [0.1, 0.15) is 43.2 Å². The first kappa shape index (κ1) is 17.1. The number of carboxylic acids is 1. The third-order valence-corrected chi connectivity index (χ3v) is 4.33. The van der Waals surface area contributed by atoms with Gasteiger partial charge in [-0.3, -0.25) is 4.79 Å². The van der Waals surface area contributed by atoms with E-state index in [0.717, 1.165) is 36.1 Å². The van der Waals surface area contributed by atoms with Crippen molar-refractivity contribution in [2.24, 2.45) is 0 Å². The van der Waals surface area contributed by atoms with Crippen molar-refractivity contribution in [3.05, 3.63) is 35.4 Å². The zero-order valence-corrected chi connectivity index (χ0v) is 13.6. The summed E-state index contributed by atoms with van der Waals surface area (Å²) in [7, 11) is 1.61. The van der Waals surface area contributed by atoms with E-state index in [1.54, 1.807) is 13.2 Å². The number of ether oxygens (including phenoxy) is 1. The fourth-order valence-electron chi connectivity index (χ4n) is 3.00. The Kier molecular flexibility index (Phi) is 5.42. The number of carbonyl (C=O) groups is 2. The normalized spacial score (nSPS) is 17.0. The predicted molar refractivity (Wildman–Crippen MR) is 88.4 cm³/mol. The van der Waals surface area contributed by atoms with Crippen LogP contribution in [-0.2, 0) is 9.59 Å². The SMILES string of the molecule is COc1ccc(/C=C/C(=O)NC2(C(=O)O)CCCCC2)cc1C. The van der Waals surface area contributed by atoms with E-state index in [9.17, 15) is 14.7 Å². The zero-order valence-electron chi connectivity index (χ0n) is 13.6. The molecule has 0 spiro atoms. The largest absolute Gasteiger partial charge is 0.496 e. The van der Waals surface area contributed by atoms with Crippen molar-refractivity contribution in [3.8, 4) is 5.75 Å². The summed E-state index contributed by atoms with van der Waals surface area (Å²) in [5.74, 6) is -0.527. The van der Waals surface area contributed by atoms with Crippen LogP contribution in [0.5, 0.6) is 5.75 Å². The van der Waals surface area contributed by atoms with Crippen molar-refractivity contribution >= 4 is 18.0 Å². The number of nitrogens with one attached hydrogen (secondary N) is 1. The lowest BCUT2D eigenvalue weighted by molar-refractivity contribution is -0.148. The van der Waals surface area contributed by atoms with Gasteiger partial charge in [-0.1, -0.05) is 25.3 Å². The summed E-state index contributed by atoms with van der Waals surface area (Å²) in [6.45, 7) is 1.93. The standard InChI is InChI=1S/C18H23NO4/c1-13-12-14(6-8-15(13)23-2)7-9-16(20)19-18(17(21)22)10-4-3-5-11-18/h6-9,12H,3-5,10-11H2,1-2H3,(H,19,20)(H,21,22)/b9-7+. The number of hydrogen-bond acceptors (Lipinski definition) is 3. The number of aryl methyl sites for hydroxylation is 1. The second-order valence-electron chi connectivity index (χ2n) is 6.00. The molecular weight excluding hydrogens is 294 g/mol. The van der Waals surface area contributed by atoms with Gasteiger partial charge in [0.1, 0.15) is 11.3 Å². The van der Waals surface area contributed by atoms with Crippen molar-refractivity contribution in [2.75, 3.05) is 7.11 Å². The average molecular weight is 317 g/mol. The predicted octanol–water partition coefficient (Wildman–Crippen LogP) is 2.92. The summed E-state index contributed by atoms with van der Waals surface area (Å²) in [6.07, 6.45) is 6.72. The molecule has 5 nitrogen and oxygen atoms in total. The molecular formula is C18H23NO4. The maximum Gasteiger partial charge on any atom is 0.329 e. The van der Waals surface area contributed by atoms with E-state index in [2.05, 4.69) is 5.32 Å². The number of carboxylic acid groups (broad SMARTS) is 1. The van der Waals surface area contributed by atoms with E-state index in [0.29, 0.717) is 12.8 Å². The molecule has 1 aliphatic rings. The van der Waals surface area contributed by atoms with E-state index in [1.165, 1.54) is 6.08 Å². The quantitative estimate of drug-likeness (QED) is 0.819. The van der Waals surface area contributed by atoms with E-state index >= 15 is 0 Å². The van der Waals surface area contributed by atoms with Crippen LogP contribution < -0.4 is 10.1 Å². The number of benzene rings is 1. The van der Waals surface area contributed by atoms with Crippen LogP contribution in [0.25, 0.3) is 6.08 Å². The molecule has 1 amide bonds. The van der Waals surface area contributed by atoms with Gasteiger partial charge in [0.25, 0.3) is 0 Å². The third-order valence-electron chi connectivity index (χ3n) is 4.33. The molecule has 1 aliphatic carbocycles. The Bertz CT molecular complexity index is 615. The number of amides is 1. The average Bonchev–Trinajstić information content (AvgIpc) is 2.54. The summed E-state index contributed by atoms with van der Waals surface area (Å²) in [6, 6.07) is 5.60. The first-order chi connectivity index (χ1) is 11.0. The Morgan fingerprint density at radius 1 is 1.26 bits per heavy atom. The molecule has 0 saturated heterocycles. The number of methoxy groups -OCH3 is 1. The molecule has 124 valence electrons. The fraction of sp³-hybridized carbons (Fsp3) is 0.444. The number of aliphatic carboxylic acids is 1. The van der Waals surface area contributed by atoms with Crippen molar-refractivity contribution in [1.82, 2.24) is 5.32 Å². The van der Waals surface area contributed by atoms with Gasteiger partial charge >= 0.3 is 5.97 Å². The Labute approximate surface area is 136 Å². The Morgan fingerprint density at radius 2 is 1.96 bits per heavy atom. The minimum Gasteiger partial charge on any atom is -0.496 e. The molecule has 0 atom stereocenters. The van der Waals surface area contributed by atoms with Gasteiger partial charge in [-0.05, 0) is 49.1 Å². The molecule has 23 heavy (non-hydrogen) atoms. The van der Waals surface area contributed by atoms with E-state index < -0.39 is 11.5 Å². The van der Waals surface area contributed by atoms with Gasteiger partial charge in [-0.25, -0.2) is 4.79 Å². The Morgan fingerprint density at radius 3 is 2.52 bits per heavy atom. The summed E-state index contributed by atoms with van der Waals surface area (Å²) in [4.78, 5) is 23.7. The van der Waals surface area contributed by atoms with Crippen molar-refractivity contribution in [1.29, 1.82) is 0 Å². The van der Waals surface area contributed by atoms with Crippen molar-refractivity contribution < 1.29 is 19.4 Å². The van der Waals surface area contributed by atoms with E-state index in [-0.39, 0.29) is 5.91 Å². The summed E-state index contributed by atoms with van der Waals surface area (Å²) < 4.78 is 5.20. The van der Waals surface area contributed by atoms with Crippen LogP contribution in [0.4, 0.5) is 0 Å². The first-order valence-electron chi connectivity index (χ1n) is 7.85. The van der Waals surface area contributed by atoms with Gasteiger partial charge in [-0.15, -0.1) is 0 Å². The van der Waals surface area contributed by atoms with Gasteiger partial charge in [-0.2, -0.15) is 0 Å². The highest BCUT2D eigenvalue weighted by Crippen LogP contribution is 2.28. The molecule has 5 heteroatoms. The molecule has 1 aromatic carbocycles. The minimum absolute atomic E-state index is 0.372. The van der Waals surface area contributed by atoms with E-state index in [4.69, 9.17) is 4.74 Å². The highest BCUT2D eigenvalue weighted by Gasteiger charge is 2.40. The molecule has 1 saturated carbocycles. The molecule has 0 aromatic heterocycles. The topological polar surface area (TPSA) is 75.6 Å². The van der Waals surface area contributed by atoms with Crippen LogP contribution in [0.2, 0.25) is 0 Å². The summed E-state index contributed by atoms with van der Waals surface area (Å²) in [5.41, 5.74) is 0.728. The first-order valence-corrected chi connectivity index (χ1v) is 7.85. The molecule has 0 heterocycles. The van der Waals surface area contributed by atoms with Crippen LogP contribution in [-0.4, -0.2) is 29.6 Å². The van der Waals surface area contributed by atoms with Gasteiger partial charge < -0.3 is 15.2 Å². The van der Waals surface area contributed by atoms with Crippen LogP contribution in [0, 0.1) is 6.92 Å². The third kappa shape index (κ3) is 4.12. The Balaban J connectivity index is 2.06. The number of hydrogen-bond donors (Lipinski definition) is 2. The molecule has 0 unspecified atom stereocenters. The van der Waals surface area contributed by atoms with Gasteiger partial charge in [0, 0.05) is 6.08 Å². The second-order valence-corrected chi connectivity index (χ2v) is 6.00. The molecule has 2 N–H and O–H groups in total. The Hall–Kier alpha value is -2.30. The lowest BCUT2D eigenvalue weighted by Gasteiger charge is -2.33. The van der Waals surface area contributed by atoms with Gasteiger partial charge in [0.15, 0.2) is 0 Å². The minimum atomic E-state index is -1.12. The lowest BCUT2D eigenvalue weighted by Crippen LogP contribution is -2.55. The van der Waals surface area contributed by atoms with Crippen LogP contribution in [0.3, 0.4) is 0 Å². The van der Waals surface area contributed by atoms with Crippen LogP contribution >= 0.6 is 0 Å². The second kappa shape index (κ2) is 7.31. The molecule has 0 bridgehead atoms. The highest BCUT2D eigenvalue weighted by atomic mass is 16.5. The molecule has 1 fully saturated rings. The van der Waals surface area contributed by atoms with Crippen LogP contribution in [0.15, 0.2) is 24.3 Å². The molecule has 0 aliphatic heterocycles. The number of rotatable bonds is 5. The summed E-state index contributed by atoms with van der Waals surface area (Å²) in [5, 5.41) is 12.2. The highest BCUT2D eigenvalue weighted by molar-refractivity contribution is 5.95. The molecule has 2 rings (SSSR count). The van der Waals surface area contributed by atoms with E-state index in [1.807, 2.05) is 25.1 Å². The van der Waals surface area contributed by atoms with Crippen molar-refractivity contribution in [2.45, 2.75) is 44.6 Å². The smallest absolute Gasteiger partial charge is 0.329 e. The maximum absolute atomic E-state index is 12.1. The monoisotopic (exact) mass is 317 g/mol. The lowest BCUT2D eigenvalue weighted by atomic mass is 9.81. The van der Waals surface area contributed by atoms with Crippen molar-refractivity contribution in [3.63, 3.8) is 0 Å². The molecule has 0 radical (unpaired) electrons.